The molecule has 0 aromatic heterocycles. The maximum absolute atomic E-state index is 12.8. The highest BCUT2D eigenvalue weighted by Crippen LogP contribution is 2.53. The Morgan fingerprint density at radius 3 is 2.65 bits per heavy atom. The standard InChI is InChI=1S/C20H20ClNO4/c1-20(24-2)10-15(11-3-6-13(22)7-4-11)17-18(26-20)14-9-12(21)5-8-16(14)25-19(17)23/h3-9,15,17-18H,10,22H2,1-2H3. The monoisotopic (exact) mass is 373 g/mol. The van der Waals surface area contributed by atoms with Crippen molar-refractivity contribution >= 4 is 23.3 Å². The summed E-state index contributed by atoms with van der Waals surface area (Å²) in [5.41, 5.74) is 8.27. The lowest BCUT2D eigenvalue weighted by molar-refractivity contribution is -0.279. The fraction of sp³-hybridized carbons (Fsp3) is 0.350. The third-order valence-electron chi connectivity index (χ3n) is 5.28. The lowest BCUT2D eigenvalue weighted by Crippen LogP contribution is -2.49. The summed E-state index contributed by atoms with van der Waals surface area (Å²) in [5.74, 6) is -1.25. The molecule has 0 saturated carbocycles. The summed E-state index contributed by atoms with van der Waals surface area (Å²) in [6.07, 6.45) is 0.0331. The zero-order valence-corrected chi connectivity index (χ0v) is 15.3. The van der Waals surface area contributed by atoms with Crippen LogP contribution in [0.5, 0.6) is 5.75 Å². The summed E-state index contributed by atoms with van der Waals surface area (Å²) in [5, 5.41) is 0.567. The molecule has 4 rings (SSSR count). The van der Waals surface area contributed by atoms with E-state index in [-0.39, 0.29) is 11.9 Å². The number of carbonyl (C=O) groups is 1. The van der Waals surface area contributed by atoms with Gasteiger partial charge < -0.3 is 19.9 Å². The highest BCUT2D eigenvalue weighted by Gasteiger charge is 2.52. The lowest BCUT2D eigenvalue weighted by atomic mass is 9.73. The molecule has 0 amide bonds. The second-order valence-corrected chi connectivity index (χ2v) is 7.42. The fourth-order valence-corrected chi connectivity index (χ4v) is 4.06. The van der Waals surface area contributed by atoms with Gasteiger partial charge in [-0.2, -0.15) is 0 Å². The Kier molecular flexibility index (Phi) is 4.18. The molecule has 0 bridgehead atoms. The second kappa shape index (κ2) is 6.27. The number of halogens is 1. The molecule has 26 heavy (non-hydrogen) atoms. The number of fused-ring (bicyclic) bond motifs is 3. The maximum atomic E-state index is 12.8. The van der Waals surface area contributed by atoms with Crippen LogP contribution in [0.3, 0.4) is 0 Å². The predicted molar refractivity (Wildman–Crippen MR) is 98.0 cm³/mol. The van der Waals surface area contributed by atoms with Crippen molar-refractivity contribution in [1.29, 1.82) is 0 Å². The van der Waals surface area contributed by atoms with Gasteiger partial charge >= 0.3 is 5.97 Å². The topological polar surface area (TPSA) is 70.8 Å². The highest BCUT2D eigenvalue weighted by molar-refractivity contribution is 6.30. The first-order valence-electron chi connectivity index (χ1n) is 8.50. The van der Waals surface area contributed by atoms with Crippen molar-refractivity contribution in [3.05, 3.63) is 58.6 Å². The van der Waals surface area contributed by atoms with Crippen molar-refractivity contribution in [2.24, 2.45) is 5.92 Å². The molecule has 1 fully saturated rings. The molecule has 0 spiro atoms. The van der Waals surface area contributed by atoms with Crippen LogP contribution in [0.25, 0.3) is 0 Å². The van der Waals surface area contributed by atoms with Gasteiger partial charge in [-0.05, 0) is 42.8 Å². The van der Waals surface area contributed by atoms with Crippen LogP contribution in [0, 0.1) is 5.92 Å². The summed E-state index contributed by atoms with van der Waals surface area (Å²) in [6, 6.07) is 12.8. The normalized spacial score (nSPS) is 30.3. The number of carbonyl (C=O) groups excluding carboxylic acids is 1. The Hall–Kier alpha value is -2.08. The molecule has 0 radical (unpaired) electrons. The largest absolute Gasteiger partial charge is 0.426 e. The van der Waals surface area contributed by atoms with Gasteiger partial charge in [0.25, 0.3) is 0 Å². The fourth-order valence-electron chi connectivity index (χ4n) is 3.88. The predicted octanol–water partition coefficient (Wildman–Crippen LogP) is 4.07. The molecule has 4 unspecified atom stereocenters. The van der Waals surface area contributed by atoms with E-state index < -0.39 is 17.8 Å². The molecule has 2 aromatic rings. The third kappa shape index (κ3) is 2.86. The van der Waals surface area contributed by atoms with Crippen LogP contribution in [0.4, 0.5) is 5.69 Å². The van der Waals surface area contributed by atoms with E-state index in [1.54, 1.807) is 25.3 Å². The average Bonchev–Trinajstić information content (AvgIpc) is 2.62. The number of esters is 1. The van der Waals surface area contributed by atoms with Crippen molar-refractivity contribution < 1.29 is 19.0 Å². The molecule has 2 aromatic carbocycles. The third-order valence-corrected chi connectivity index (χ3v) is 5.52. The number of rotatable bonds is 2. The van der Waals surface area contributed by atoms with Gasteiger partial charge in [0.2, 0.25) is 0 Å². The minimum absolute atomic E-state index is 0.126. The molecule has 2 N–H and O–H groups in total. The Balaban J connectivity index is 1.83. The van der Waals surface area contributed by atoms with E-state index in [0.717, 1.165) is 11.1 Å². The second-order valence-electron chi connectivity index (χ2n) is 6.98. The molecular formula is C20H20ClNO4. The zero-order valence-electron chi connectivity index (χ0n) is 14.6. The lowest BCUT2D eigenvalue weighted by Gasteiger charge is -2.47. The van der Waals surface area contributed by atoms with Crippen LogP contribution in [0.2, 0.25) is 5.02 Å². The molecule has 2 heterocycles. The summed E-state index contributed by atoms with van der Waals surface area (Å²) in [7, 11) is 1.61. The SMILES string of the molecule is COC1(C)CC(c2ccc(N)cc2)C2C(=O)Oc3ccc(Cl)cc3C2O1. The van der Waals surface area contributed by atoms with Gasteiger partial charge in [-0.25, -0.2) is 0 Å². The number of hydrogen-bond acceptors (Lipinski definition) is 5. The summed E-state index contributed by atoms with van der Waals surface area (Å²) < 4.78 is 17.5. The molecule has 136 valence electrons. The quantitative estimate of drug-likeness (QED) is 0.488. The van der Waals surface area contributed by atoms with Crippen molar-refractivity contribution in [3.63, 3.8) is 0 Å². The van der Waals surface area contributed by atoms with Crippen molar-refractivity contribution in [2.75, 3.05) is 12.8 Å². The summed E-state index contributed by atoms with van der Waals surface area (Å²) >= 11 is 6.18. The van der Waals surface area contributed by atoms with Gasteiger partial charge in [0, 0.05) is 35.7 Å². The van der Waals surface area contributed by atoms with Crippen molar-refractivity contribution in [1.82, 2.24) is 0 Å². The van der Waals surface area contributed by atoms with E-state index in [9.17, 15) is 4.79 Å². The first-order valence-corrected chi connectivity index (χ1v) is 8.87. The molecule has 4 atom stereocenters. The van der Waals surface area contributed by atoms with Crippen LogP contribution in [0.15, 0.2) is 42.5 Å². The van der Waals surface area contributed by atoms with Gasteiger partial charge in [0.15, 0.2) is 5.79 Å². The van der Waals surface area contributed by atoms with Crippen LogP contribution in [-0.4, -0.2) is 18.9 Å². The van der Waals surface area contributed by atoms with E-state index in [4.69, 9.17) is 31.5 Å². The molecule has 0 aliphatic carbocycles. The number of nitrogens with two attached hydrogens (primary N) is 1. The number of hydrogen-bond donors (Lipinski definition) is 1. The molecule has 1 saturated heterocycles. The molecule has 5 nitrogen and oxygen atoms in total. The number of methoxy groups -OCH3 is 1. The Morgan fingerprint density at radius 1 is 1.23 bits per heavy atom. The van der Waals surface area contributed by atoms with Gasteiger partial charge in [-0.15, -0.1) is 0 Å². The average molecular weight is 374 g/mol. The van der Waals surface area contributed by atoms with Crippen LogP contribution in [-0.2, 0) is 14.3 Å². The smallest absolute Gasteiger partial charge is 0.317 e. The summed E-state index contributed by atoms with van der Waals surface area (Å²) in [4.78, 5) is 12.8. The van der Waals surface area contributed by atoms with Gasteiger partial charge in [-0.1, -0.05) is 23.7 Å². The zero-order chi connectivity index (χ0) is 18.5. The highest BCUT2D eigenvalue weighted by atomic mass is 35.5. The molecular weight excluding hydrogens is 354 g/mol. The van der Waals surface area contributed by atoms with Crippen LogP contribution >= 0.6 is 11.6 Å². The number of nitrogen functional groups attached to an aromatic ring is 1. The Bertz CT molecular complexity index is 853. The molecule has 2 aliphatic rings. The summed E-state index contributed by atoms with van der Waals surface area (Å²) in [6.45, 7) is 1.89. The first-order chi connectivity index (χ1) is 12.4. The number of benzene rings is 2. The van der Waals surface area contributed by atoms with Crippen LogP contribution in [0.1, 0.15) is 36.5 Å². The minimum Gasteiger partial charge on any atom is -0.426 e. The minimum atomic E-state index is -0.829. The first kappa shape index (κ1) is 17.3. The van der Waals surface area contributed by atoms with E-state index >= 15 is 0 Å². The van der Waals surface area contributed by atoms with E-state index in [0.29, 0.717) is 22.9 Å². The van der Waals surface area contributed by atoms with E-state index in [1.165, 1.54) is 0 Å². The Labute approximate surface area is 157 Å². The van der Waals surface area contributed by atoms with Gasteiger partial charge in [-0.3, -0.25) is 4.79 Å². The van der Waals surface area contributed by atoms with E-state index in [1.807, 2.05) is 31.2 Å². The maximum Gasteiger partial charge on any atom is 0.317 e. The van der Waals surface area contributed by atoms with Gasteiger partial charge in [0.05, 0.1) is 5.92 Å². The van der Waals surface area contributed by atoms with Crippen LogP contribution < -0.4 is 10.5 Å². The van der Waals surface area contributed by atoms with E-state index in [2.05, 4.69) is 0 Å². The van der Waals surface area contributed by atoms with Crippen molar-refractivity contribution in [2.45, 2.75) is 31.2 Å². The molecule has 2 aliphatic heterocycles. The Morgan fingerprint density at radius 2 is 1.96 bits per heavy atom. The van der Waals surface area contributed by atoms with Gasteiger partial charge in [0.1, 0.15) is 11.9 Å². The number of ether oxygens (including phenoxy) is 3. The molecule has 6 heteroatoms. The van der Waals surface area contributed by atoms with Crippen molar-refractivity contribution in [3.8, 4) is 5.75 Å². The number of anilines is 1.